The number of nitrogens with one attached hydrogen (secondary N) is 1. The van der Waals surface area contributed by atoms with Gasteiger partial charge in [-0.15, -0.1) is 0 Å². The Hall–Kier alpha value is -2.64. The van der Waals surface area contributed by atoms with Gasteiger partial charge >= 0.3 is 0 Å². The number of hydrogen-bond donors (Lipinski definition) is 1. The normalized spacial score (nSPS) is 11.8. The molecule has 0 radical (unpaired) electrons. The van der Waals surface area contributed by atoms with Crippen molar-refractivity contribution in [1.29, 1.82) is 0 Å². The molecule has 7 heteroatoms. The van der Waals surface area contributed by atoms with E-state index in [0.717, 1.165) is 25.2 Å². The maximum atomic E-state index is 13.1. The fraction of sp³-hybridized carbons (Fsp3) is 0.318. The maximum absolute atomic E-state index is 13.1. The van der Waals surface area contributed by atoms with Gasteiger partial charge in [0, 0.05) is 30.2 Å². The molecule has 29 heavy (non-hydrogen) atoms. The van der Waals surface area contributed by atoms with E-state index in [1.54, 1.807) is 53.2 Å². The molecule has 0 fully saturated rings. The first-order valence-electron chi connectivity index (χ1n) is 9.84. The molecule has 6 nitrogen and oxygen atoms in total. The van der Waals surface area contributed by atoms with Gasteiger partial charge in [0.15, 0.2) is 0 Å². The molecule has 0 bridgehead atoms. The molecular weight excluding hydrogens is 386 g/mol. The Balaban J connectivity index is 1.84. The molecule has 1 N–H and O–H groups in total. The first-order chi connectivity index (χ1) is 14.0. The van der Waals surface area contributed by atoms with Crippen LogP contribution in [0.3, 0.4) is 0 Å². The molecule has 0 aliphatic carbocycles. The highest BCUT2D eigenvalue weighted by atomic mass is 32.2. The summed E-state index contributed by atoms with van der Waals surface area (Å²) in [7, 11) is -3.67. The third kappa shape index (κ3) is 4.68. The van der Waals surface area contributed by atoms with Gasteiger partial charge in [0.2, 0.25) is 15.7 Å². The van der Waals surface area contributed by atoms with Crippen molar-refractivity contribution in [1.82, 2.24) is 14.8 Å². The highest BCUT2D eigenvalue weighted by Gasteiger charge is 2.23. The standard InChI is InChI=1S/C22H27N3O3S/c1-3-24(4-2)15-14-23-22(26)17-25-16-21(19-12-8-9-13-20(19)25)29(27,28)18-10-6-5-7-11-18/h5-13,16H,3-4,14-15,17H2,1-2H3,(H,23,26). The van der Waals surface area contributed by atoms with Gasteiger partial charge in [-0.1, -0.05) is 50.2 Å². The van der Waals surface area contributed by atoms with Crippen molar-refractivity contribution >= 4 is 26.6 Å². The number of amides is 1. The Bertz CT molecular complexity index is 1070. The SMILES string of the molecule is CCN(CC)CCNC(=O)Cn1cc(S(=O)(=O)c2ccccc2)c2ccccc21. The Labute approximate surface area is 172 Å². The Kier molecular flexibility index (Phi) is 6.71. The van der Waals surface area contributed by atoms with Gasteiger partial charge in [-0.05, 0) is 31.3 Å². The van der Waals surface area contributed by atoms with Crippen molar-refractivity contribution in [3.05, 3.63) is 60.8 Å². The highest BCUT2D eigenvalue weighted by molar-refractivity contribution is 7.91. The van der Waals surface area contributed by atoms with Gasteiger partial charge in [0.25, 0.3) is 0 Å². The second-order valence-electron chi connectivity index (χ2n) is 6.83. The van der Waals surface area contributed by atoms with Crippen molar-refractivity contribution in [2.24, 2.45) is 0 Å². The number of fused-ring (bicyclic) bond motifs is 1. The summed E-state index contributed by atoms with van der Waals surface area (Å²) in [4.78, 5) is 15.1. The Morgan fingerprint density at radius 3 is 2.34 bits per heavy atom. The molecule has 0 atom stereocenters. The fourth-order valence-corrected chi connectivity index (χ4v) is 4.89. The maximum Gasteiger partial charge on any atom is 0.239 e. The third-order valence-corrected chi connectivity index (χ3v) is 6.85. The third-order valence-electron chi connectivity index (χ3n) is 5.05. The van der Waals surface area contributed by atoms with E-state index in [0.29, 0.717) is 11.9 Å². The number of nitrogens with zero attached hydrogens (tertiary/aromatic N) is 2. The molecule has 0 unspecified atom stereocenters. The van der Waals surface area contributed by atoms with E-state index in [4.69, 9.17) is 0 Å². The molecule has 0 aliphatic rings. The molecule has 0 saturated heterocycles. The number of carbonyl (C=O) groups excluding carboxylic acids is 1. The molecule has 1 aromatic heterocycles. The molecule has 0 saturated carbocycles. The summed E-state index contributed by atoms with van der Waals surface area (Å²) in [5.41, 5.74) is 0.723. The summed E-state index contributed by atoms with van der Waals surface area (Å²) in [6, 6.07) is 15.6. The number of hydrogen-bond acceptors (Lipinski definition) is 4. The lowest BCUT2D eigenvalue weighted by atomic mass is 10.2. The minimum atomic E-state index is -3.67. The molecular formula is C22H27N3O3S. The first kappa shape index (κ1) is 21.1. The summed E-state index contributed by atoms with van der Waals surface area (Å²) in [6.07, 6.45) is 1.57. The zero-order valence-electron chi connectivity index (χ0n) is 16.8. The smallest absolute Gasteiger partial charge is 0.239 e. The predicted octanol–water partition coefficient (Wildman–Crippen LogP) is 2.93. The van der Waals surface area contributed by atoms with E-state index in [1.165, 1.54) is 0 Å². The second-order valence-corrected chi connectivity index (χ2v) is 8.75. The lowest BCUT2D eigenvalue weighted by Gasteiger charge is -2.18. The van der Waals surface area contributed by atoms with Crippen molar-refractivity contribution in [2.45, 2.75) is 30.2 Å². The van der Waals surface area contributed by atoms with Gasteiger partial charge in [0.1, 0.15) is 6.54 Å². The van der Waals surface area contributed by atoms with E-state index in [2.05, 4.69) is 24.1 Å². The molecule has 3 rings (SSSR count). The number of aromatic nitrogens is 1. The minimum Gasteiger partial charge on any atom is -0.353 e. The van der Waals surface area contributed by atoms with Crippen LogP contribution < -0.4 is 5.32 Å². The van der Waals surface area contributed by atoms with Crippen molar-refractivity contribution in [3.63, 3.8) is 0 Å². The fourth-order valence-electron chi connectivity index (χ4n) is 3.39. The number of likely N-dealkylation sites (N-methyl/N-ethyl adjacent to an activating group) is 1. The lowest BCUT2D eigenvalue weighted by molar-refractivity contribution is -0.121. The predicted molar refractivity (Wildman–Crippen MR) is 115 cm³/mol. The first-order valence-corrected chi connectivity index (χ1v) is 11.3. The summed E-state index contributed by atoms with van der Waals surface area (Å²) >= 11 is 0. The monoisotopic (exact) mass is 413 g/mol. The van der Waals surface area contributed by atoms with E-state index >= 15 is 0 Å². The van der Waals surface area contributed by atoms with E-state index in [1.807, 2.05) is 12.1 Å². The van der Waals surface area contributed by atoms with Crippen molar-refractivity contribution in [3.8, 4) is 0 Å². The quantitative estimate of drug-likeness (QED) is 0.586. The van der Waals surface area contributed by atoms with Crippen LogP contribution in [0.15, 0.2) is 70.6 Å². The van der Waals surface area contributed by atoms with Crippen molar-refractivity contribution < 1.29 is 13.2 Å². The number of para-hydroxylation sites is 1. The number of benzene rings is 2. The highest BCUT2D eigenvalue weighted by Crippen LogP contribution is 2.30. The van der Waals surface area contributed by atoms with Crippen LogP contribution in [0.4, 0.5) is 0 Å². The van der Waals surface area contributed by atoms with Crippen LogP contribution in [0.5, 0.6) is 0 Å². The van der Waals surface area contributed by atoms with E-state index < -0.39 is 9.84 Å². The van der Waals surface area contributed by atoms with E-state index in [-0.39, 0.29) is 22.2 Å². The van der Waals surface area contributed by atoms with Crippen LogP contribution >= 0.6 is 0 Å². The zero-order chi connectivity index (χ0) is 20.9. The molecule has 0 spiro atoms. The van der Waals surface area contributed by atoms with Crippen LogP contribution in [0.2, 0.25) is 0 Å². The second kappa shape index (κ2) is 9.24. The zero-order valence-corrected chi connectivity index (χ0v) is 17.7. The molecule has 1 amide bonds. The van der Waals surface area contributed by atoms with Crippen LogP contribution in [0, 0.1) is 0 Å². The topological polar surface area (TPSA) is 71.4 Å². The van der Waals surface area contributed by atoms with Crippen LogP contribution in [-0.2, 0) is 21.2 Å². The molecule has 154 valence electrons. The van der Waals surface area contributed by atoms with Gasteiger partial charge in [-0.25, -0.2) is 8.42 Å². The van der Waals surface area contributed by atoms with Crippen LogP contribution in [-0.4, -0.2) is 50.0 Å². The van der Waals surface area contributed by atoms with Gasteiger partial charge < -0.3 is 14.8 Å². The van der Waals surface area contributed by atoms with Gasteiger partial charge in [-0.2, -0.15) is 0 Å². The lowest BCUT2D eigenvalue weighted by Crippen LogP contribution is -2.36. The number of rotatable bonds is 9. The Morgan fingerprint density at radius 2 is 1.66 bits per heavy atom. The summed E-state index contributed by atoms with van der Waals surface area (Å²) in [5, 5.41) is 3.54. The molecule has 3 aromatic rings. The van der Waals surface area contributed by atoms with E-state index in [9.17, 15) is 13.2 Å². The average molecular weight is 414 g/mol. The van der Waals surface area contributed by atoms with Gasteiger partial charge in [-0.3, -0.25) is 4.79 Å². The molecule has 0 aliphatic heterocycles. The van der Waals surface area contributed by atoms with Gasteiger partial charge in [0.05, 0.1) is 9.79 Å². The van der Waals surface area contributed by atoms with Crippen LogP contribution in [0.1, 0.15) is 13.8 Å². The average Bonchev–Trinajstić information content (AvgIpc) is 3.11. The Morgan fingerprint density at radius 1 is 1.00 bits per heavy atom. The summed E-state index contributed by atoms with van der Waals surface area (Å²) < 4.78 is 28.0. The largest absolute Gasteiger partial charge is 0.353 e. The van der Waals surface area contributed by atoms with Crippen LogP contribution in [0.25, 0.3) is 10.9 Å². The number of carbonyl (C=O) groups is 1. The molecule has 1 heterocycles. The van der Waals surface area contributed by atoms with Crippen molar-refractivity contribution in [2.75, 3.05) is 26.2 Å². The number of sulfone groups is 1. The summed E-state index contributed by atoms with van der Waals surface area (Å²) in [5.74, 6) is -0.137. The summed E-state index contributed by atoms with van der Waals surface area (Å²) in [6.45, 7) is 7.49. The molecule has 2 aromatic carbocycles. The minimum absolute atomic E-state index is 0.0725.